The summed E-state index contributed by atoms with van der Waals surface area (Å²) < 4.78 is 33.4. The lowest BCUT2D eigenvalue weighted by Crippen LogP contribution is -2.44. The maximum Gasteiger partial charge on any atom is 0.240 e. The Balaban J connectivity index is 1.86. The highest BCUT2D eigenvalue weighted by Gasteiger charge is 2.36. The van der Waals surface area contributed by atoms with E-state index in [4.69, 9.17) is 4.74 Å². The first-order valence-electron chi connectivity index (χ1n) is 7.83. The van der Waals surface area contributed by atoms with Crippen LogP contribution in [0.3, 0.4) is 0 Å². The second-order valence-electron chi connectivity index (χ2n) is 6.22. The molecular weight excluding hydrogens is 326 g/mol. The minimum atomic E-state index is -3.70. The predicted octanol–water partition coefficient (Wildman–Crippen LogP) is 2.25. The number of hydrogen-bond acceptors (Lipinski definition) is 4. The quantitative estimate of drug-likeness (QED) is 0.889. The van der Waals surface area contributed by atoms with E-state index >= 15 is 0 Å². The number of fused-ring (bicyclic) bond motifs is 1. The Labute approximate surface area is 142 Å². The molecule has 0 radical (unpaired) electrons. The highest BCUT2D eigenvalue weighted by Crippen LogP contribution is 2.36. The van der Waals surface area contributed by atoms with E-state index in [1.165, 1.54) is 0 Å². The van der Waals surface area contributed by atoms with Crippen LogP contribution >= 0.6 is 0 Å². The van der Waals surface area contributed by atoms with Gasteiger partial charge in [0.1, 0.15) is 11.4 Å². The molecule has 0 bridgehead atoms. The van der Waals surface area contributed by atoms with Crippen LogP contribution in [-0.4, -0.2) is 26.7 Å². The highest BCUT2D eigenvalue weighted by atomic mass is 32.2. The van der Waals surface area contributed by atoms with Crippen LogP contribution in [0, 0.1) is 13.8 Å². The van der Waals surface area contributed by atoms with Gasteiger partial charge in [-0.1, -0.05) is 30.3 Å². The summed E-state index contributed by atoms with van der Waals surface area (Å²) in [6.45, 7) is 3.86. The van der Waals surface area contributed by atoms with Gasteiger partial charge in [-0.15, -0.1) is 0 Å². The average molecular weight is 347 g/mol. The summed E-state index contributed by atoms with van der Waals surface area (Å²) in [5, 5.41) is 11.0. The number of rotatable bonds is 4. The molecule has 0 fully saturated rings. The Hall–Kier alpha value is -1.89. The van der Waals surface area contributed by atoms with E-state index in [0.29, 0.717) is 29.9 Å². The first-order chi connectivity index (χ1) is 11.3. The SMILES string of the molecule is Cc1ccc(C)c(S(=O)(=O)NCC2(O)CCOc3ccccc32)c1. The van der Waals surface area contributed by atoms with E-state index in [-0.39, 0.29) is 11.4 Å². The van der Waals surface area contributed by atoms with E-state index in [0.717, 1.165) is 5.56 Å². The van der Waals surface area contributed by atoms with E-state index < -0.39 is 15.6 Å². The fraction of sp³-hybridized carbons (Fsp3) is 0.333. The fourth-order valence-electron chi connectivity index (χ4n) is 2.91. The topological polar surface area (TPSA) is 75.6 Å². The summed E-state index contributed by atoms with van der Waals surface area (Å²) >= 11 is 0. The van der Waals surface area contributed by atoms with E-state index in [1.54, 1.807) is 37.3 Å². The molecule has 0 aromatic heterocycles. The molecule has 0 aliphatic carbocycles. The van der Waals surface area contributed by atoms with Gasteiger partial charge >= 0.3 is 0 Å². The van der Waals surface area contributed by atoms with Crippen molar-refractivity contribution in [2.75, 3.05) is 13.2 Å². The van der Waals surface area contributed by atoms with Gasteiger partial charge in [-0.2, -0.15) is 0 Å². The third-order valence-corrected chi connectivity index (χ3v) is 5.89. The van der Waals surface area contributed by atoms with Gasteiger partial charge in [0, 0.05) is 18.5 Å². The molecule has 0 saturated carbocycles. The summed E-state index contributed by atoms with van der Waals surface area (Å²) in [5.74, 6) is 0.595. The van der Waals surface area contributed by atoms with Crippen LogP contribution in [0.1, 0.15) is 23.1 Å². The van der Waals surface area contributed by atoms with Gasteiger partial charge in [0.15, 0.2) is 0 Å². The Kier molecular flexibility index (Phi) is 4.38. The maximum atomic E-state index is 12.6. The van der Waals surface area contributed by atoms with Crippen molar-refractivity contribution < 1.29 is 18.3 Å². The molecular formula is C18H21NO4S. The molecule has 0 amide bonds. The lowest BCUT2D eigenvalue weighted by molar-refractivity contribution is 0.00219. The molecule has 2 aromatic carbocycles. The van der Waals surface area contributed by atoms with Gasteiger partial charge in [0.2, 0.25) is 10.0 Å². The maximum absolute atomic E-state index is 12.6. The Morgan fingerprint density at radius 3 is 2.75 bits per heavy atom. The Morgan fingerprint density at radius 1 is 1.21 bits per heavy atom. The van der Waals surface area contributed by atoms with Gasteiger partial charge in [0.25, 0.3) is 0 Å². The normalized spacial score (nSPS) is 20.3. The number of aliphatic hydroxyl groups is 1. The number of hydrogen-bond donors (Lipinski definition) is 2. The molecule has 0 saturated heterocycles. The van der Waals surface area contributed by atoms with Gasteiger partial charge in [-0.25, -0.2) is 13.1 Å². The second kappa shape index (κ2) is 6.20. The van der Waals surface area contributed by atoms with Gasteiger partial charge in [-0.3, -0.25) is 0 Å². The van der Waals surface area contributed by atoms with Crippen molar-refractivity contribution in [1.82, 2.24) is 4.72 Å². The zero-order chi connectivity index (χ0) is 17.4. The second-order valence-corrected chi connectivity index (χ2v) is 7.96. The summed E-state index contributed by atoms with van der Waals surface area (Å²) in [6, 6.07) is 12.5. The fourth-order valence-corrected chi connectivity index (χ4v) is 4.33. The van der Waals surface area contributed by atoms with Crippen molar-refractivity contribution in [3.63, 3.8) is 0 Å². The molecule has 1 heterocycles. The van der Waals surface area contributed by atoms with Crippen LogP contribution in [0.5, 0.6) is 5.75 Å². The molecule has 2 N–H and O–H groups in total. The molecule has 128 valence electrons. The van der Waals surface area contributed by atoms with Crippen LogP contribution in [0.15, 0.2) is 47.4 Å². The first kappa shape index (κ1) is 17.0. The summed E-state index contributed by atoms with van der Waals surface area (Å²) in [7, 11) is -3.70. The number of para-hydroxylation sites is 1. The zero-order valence-corrected chi connectivity index (χ0v) is 14.6. The minimum Gasteiger partial charge on any atom is -0.493 e. The first-order valence-corrected chi connectivity index (χ1v) is 9.32. The van der Waals surface area contributed by atoms with E-state index in [2.05, 4.69) is 4.72 Å². The highest BCUT2D eigenvalue weighted by molar-refractivity contribution is 7.89. The lowest BCUT2D eigenvalue weighted by atomic mass is 9.88. The van der Waals surface area contributed by atoms with Crippen LogP contribution in [0.2, 0.25) is 0 Å². The lowest BCUT2D eigenvalue weighted by Gasteiger charge is -2.34. The van der Waals surface area contributed by atoms with Crippen molar-refractivity contribution in [1.29, 1.82) is 0 Å². The summed E-state index contributed by atoms with van der Waals surface area (Å²) in [4.78, 5) is 0.242. The van der Waals surface area contributed by atoms with Crippen LogP contribution < -0.4 is 9.46 Å². The number of ether oxygens (including phenoxy) is 1. The van der Waals surface area contributed by atoms with Crippen LogP contribution in [0.25, 0.3) is 0 Å². The molecule has 6 heteroatoms. The standard InChI is InChI=1S/C18H21NO4S/c1-13-7-8-14(2)17(11-13)24(21,22)19-12-18(20)9-10-23-16-6-4-3-5-15(16)18/h3-8,11,19-20H,9-10,12H2,1-2H3. The van der Waals surface area contributed by atoms with Crippen LogP contribution in [0.4, 0.5) is 0 Å². The molecule has 1 unspecified atom stereocenters. The molecule has 5 nitrogen and oxygen atoms in total. The number of nitrogens with one attached hydrogen (secondary N) is 1. The third kappa shape index (κ3) is 3.17. The largest absolute Gasteiger partial charge is 0.493 e. The minimum absolute atomic E-state index is 0.0942. The monoisotopic (exact) mass is 347 g/mol. The van der Waals surface area contributed by atoms with Crippen molar-refractivity contribution in [2.24, 2.45) is 0 Å². The Morgan fingerprint density at radius 2 is 1.96 bits per heavy atom. The van der Waals surface area contributed by atoms with E-state index in [1.807, 2.05) is 19.1 Å². The molecule has 3 rings (SSSR count). The molecule has 24 heavy (non-hydrogen) atoms. The van der Waals surface area contributed by atoms with E-state index in [9.17, 15) is 13.5 Å². The van der Waals surface area contributed by atoms with Crippen molar-refractivity contribution in [2.45, 2.75) is 30.8 Å². The zero-order valence-electron chi connectivity index (χ0n) is 13.7. The molecule has 0 spiro atoms. The molecule has 1 aliphatic heterocycles. The number of aryl methyl sites for hydroxylation is 2. The van der Waals surface area contributed by atoms with Gasteiger partial charge < -0.3 is 9.84 Å². The molecule has 1 atom stereocenters. The summed E-state index contributed by atoms with van der Waals surface area (Å²) in [6.07, 6.45) is 0.333. The predicted molar refractivity (Wildman–Crippen MR) is 91.6 cm³/mol. The van der Waals surface area contributed by atoms with Gasteiger partial charge in [0.05, 0.1) is 11.5 Å². The average Bonchev–Trinajstić information content (AvgIpc) is 2.56. The number of sulfonamides is 1. The van der Waals surface area contributed by atoms with Crippen molar-refractivity contribution in [3.8, 4) is 5.75 Å². The molecule has 1 aliphatic rings. The smallest absolute Gasteiger partial charge is 0.240 e. The summed E-state index contributed by atoms with van der Waals surface area (Å²) in [5.41, 5.74) is 0.878. The van der Waals surface area contributed by atoms with Crippen LogP contribution in [-0.2, 0) is 15.6 Å². The molecule has 2 aromatic rings. The number of benzene rings is 2. The Bertz CT molecular complexity index is 863. The van der Waals surface area contributed by atoms with Crippen molar-refractivity contribution in [3.05, 3.63) is 59.2 Å². The van der Waals surface area contributed by atoms with Gasteiger partial charge in [-0.05, 0) is 37.1 Å². The van der Waals surface area contributed by atoms with Crippen molar-refractivity contribution >= 4 is 10.0 Å². The third-order valence-electron chi connectivity index (χ3n) is 4.35.